The predicted molar refractivity (Wildman–Crippen MR) is 163 cm³/mol. The normalized spacial score (nSPS) is 12.7. The van der Waals surface area contributed by atoms with E-state index in [0.29, 0.717) is 28.4 Å². The Labute approximate surface area is 256 Å². The second-order valence-corrected chi connectivity index (χ2v) is 9.91. The van der Waals surface area contributed by atoms with Crippen LogP contribution < -0.4 is 43.3 Å². The molecule has 1 unspecified atom stereocenters. The molecule has 6 rings (SSSR count). The van der Waals surface area contributed by atoms with E-state index in [1.807, 2.05) is 30.3 Å². The predicted octanol–water partition coefficient (Wildman–Crippen LogP) is 5.32. The largest absolute Gasteiger partial charge is 0.507 e. The Kier molecular flexibility index (Phi) is 7.49. The Bertz CT molecular complexity index is 2000. The van der Waals surface area contributed by atoms with E-state index in [9.17, 15) is 15.0 Å². The minimum atomic E-state index is -0.914. The molecule has 45 heavy (non-hydrogen) atoms. The van der Waals surface area contributed by atoms with Crippen molar-refractivity contribution in [3.63, 3.8) is 0 Å². The summed E-state index contributed by atoms with van der Waals surface area (Å²) in [4.78, 5) is 14.4. The van der Waals surface area contributed by atoms with Crippen molar-refractivity contribution in [1.29, 1.82) is 0 Å². The van der Waals surface area contributed by atoms with Crippen LogP contribution >= 0.6 is 0 Å². The van der Waals surface area contributed by atoms with Gasteiger partial charge in [-0.1, -0.05) is 30.3 Å². The summed E-state index contributed by atoms with van der Waals surface area (Å²) in [6.45, 7) is -0.141. The molecule has 1 atom stereocenters. The molecule has 12 nitrogen and oxygen atoms in total. The van der Waals surface area contributed by atoms with Crippen molar-refractivity contribution < 1.29 is 52.5 Å². The molecule has 0 amide bonds. The molecule has 0 saturated carbocycles. The van der Waals surface area contributed by atoms with Gasteiger partial charge >= 0.3 is 0 Å². The third-order valence-corrected chi connectivity index (χ3v) is 7.82. The number of benzene rings is 4. The first-order chi connectivity index (χ1) is 21.8. The summed E-state index contributed by atoms with van der Waals surface area (Å²) in [6, 6.07) is 12.4. The van der Waals surface area contributed by atoms with Crippen LogP contribution in [0.1, 0.15) is 22.6 Å². The summed E-state index contributed by atoms with van der Waals surface area (Å²) in [7, 11) is 8.53. The molecule has 0 radical (unpaired) electrons. The number of fused-ring (bicyclic) bond motifs is 3. The van der Waals surface area contributed by atoms with Crippen molar-refractivity contribution >= 4 is 21.9 Å². The average Bonchev–Trinajstić information content (AvgIpc) is 3.55. The van der Waals surface area contributed by atoms with Gasteiger partial charge in [-0.2, -0.15) is 0 Å². The number of ether oxygens (including phenoxy) is 8. The quantitative estimate of drug-likeness (QED) is 0.163. The lowest BCUT2D eigenvalue weighted by Gasteiger charge is -2.25. The smallest absolute Gasteiger partial charge is 0.231 e. The summed E-state index contributed by atoms with van der Waals surface area (Å²) >= 11 is 0. The average molecular weight is 619 g/mol. The van der Waals surface area contributed by atoms with Gasteiger partial charge in [0.2, 0.25) is 35.2 Å². The van der Waals surface area contributed by atoms with Crippen LogP contribution in [0.3, 0.4) is 0 Å². The summed E-state index contributed by atoms with van der Waals surface area (Å²) < 4.78 is 51.0. The zero-order valence-electron chi connectivity index (χ0n) is 25.3. The van der Waals surface area contributed by atoms with E-state index in [-0.39, 0.29) is 63.0 Å². The minimum Gasteiger partial charge on any atom is -0.507 e. The Balaban J connectivity index is 1.79. The molecule has 1 aliphatic heterocycles. The molecule has 1 aliphatic rings. The van der Waals surface area contributed by atoms with Crippen LogP contribution in [0.25, 0.3) is 21.9 Å². The summed E-state index contributed by atoms with van der Waals surface area (Å²) in [5.41, 5.74) is 0.113. The zero-order chi connectivity index (χ0) is 32.0. The maximum atomic E-state index is 14.4. The van der Waals surface area contributed by atoms with E-state index in [1.165, 1.54) is 42.7 Å². The van der Waals surface area contributed by atoms with Gasteiger partial charge in [0.15, 0.2) is 34.2 Å². The number of phenolic OH excluding ortho intramolecular Hbond substituents is 2. The van der Waals surface area contributed by atoms with Crippen LogP contribution in [0, 0.1) is 0 Å². The van der Waals surface area contributed by atoms with Crippen molar-refractivity contribution in [2.45, 2.75) is 5.92 Å². The molecule has 0 fully saturated rings. The lowest BCUT2D eigenvalue weighted by Crippen LogP contribution is -2.11. The maximum absolute atomic E-state index is 14.4. The highest BCUT2D eigenvalue weighted by Gasteiger charge is 2.37. The minimum absolute atomic E-state index is 0.0307. The first-order valence-corrected chi connectivity index (χ1v) is 13.7. The Hall–Kier alpha value is -5.65. The Morgan fingerprint density at radius 3 is 1.84 bits per heavy atom. The van der Waals surface area contributed by atoms with E-state index < -0.39 is 22.8 Å². The van der Waals surface area contributed by atoms with E-state index in [2.05, 4.69) is 0 Å². The summed E-state index contributed by atoms with van der Waals surface area (Å²) in [5.74, 6) is -0.564. The number of rotatable bonds is 9. The molecule has 4 aromatic carbocycles. The van der Waals surface area contributed by atoms with Gasteiger partial charge in [0.25, 0.3) is 0 Å². The highest BCUT2D eigenvalue weighted by Crippen LogP contribution is 2.56. The third kappa shape index (κ3) is 4.32. The fraction of sp³-hybridized carbons (Fsp3) is 0.242. The standard InChI is InChI=1S/C33H30O12/c1-37-17-13-19(39-3)18(38-2)12-16(17)20(15-10-8-7-9-11-15)21-24(34)22-25(35)23-27(40-4)32-33(44-14-43-32)31(42-6)29(23)45-28(22)30(41-5)26(21)36/h7-13,20,34,36H,14H2,1-6H3. The van der Waals surface area contributed by atoms with Gasteiger partial charge in [-0.15, -0.1) is 0 Å². The molecule has 2 heterocycles. The number of aromatic hydroxyl groups is 2. The summed E-state index contributed by atoms with van der Waals surface area (Å²) in [5, 5.41) is 23.6. The number of hydrogen-bond donors (Lipinski definition) is 2. The van der Waals surface area contributed by atoms with Crippen LogP contribution in [-0.2, 0) is 0 Å². The molecular formula is C33H30O12. The molecule has 0 saturated heterocycles. The molecule has 2 N–H and O–H groups in total. The van der Waals surface area contributed by atoms with Crippen molar-refractivity contribution in [2.75, 3.05) is 49.5 Å². The van der Waals surface area contributed by atoms with Gasteiger partial charge in [0.1, 0.15) is 22.3 Å². The van der Waals surface area contributed by atoms with Crippen LogP contribution in [0.5, 0.6) is 57.5 Å². The fourth-order valence-electron chi connectivity index (χ4n) is 5.85. The monoisotopic (exact) mass is 618 g/mol. The van der Waals surface area contributed by atoms with Gasteiger partial charge in [-0.3, -0.25) is 4.79 Å². The Morgan fingerprint density at radius 2 is 1.24 bits per heavy atom. The van der Waals surface area contributed by atoms with E-state index in [0.717, 1.165) is 0 Å². The van der Waals surface area contributed by atoms with Gasteiger partial charge in [-0.05, 0) is 11.6 Å². The summed E-state index contributed by atoms with van der Waals surface area (Å²) in [6.07, 6.45) is 0. The van der Waals surface area contributed by atoms with Crippen LogP contribution in [0.2, 0.25) is 0 Å². The topological polar surface area (TPSA) is 145 Å². The van der Waals surface area contributed by atoms with Gasteiger partial charge < -0.3 is 52.5 Å². The molecule has 0 bridgehead atoms. The molecule has 12 heteroatoms. The molecule has 234 valence electrons. The SMILES string of the molecule is COc1cc(OC)c(C(c2ccccc2)c2c(O)c(OC)c3oc4c(OC)c5c(c(OC)c4c(=O)c3c2O)OCO5)cc1OC. The molecule has 5 aromatic rings. The van der Waals surface area contributed by atoms with Gasteiger partial charge in [-0.25, -0.2) is 0 Å². The lowest BCUT2D eigenvalue weighted by atomic mass is 9.82. The molecule has 0 spiro atoms. The van der Waals surface area contributed by atoms with Crippen molar-refractivity contribution in [3.05, 3.63) is 69.4 Å². The molecular weight excluding hydrogens is 588 g/mol. The lowest BCUT2D eigenvalue weighted by molar-refractivity contribution is 0.169. The Morgan fingerprint density at radius 1 is 0.667 bits per heavy atom. The van der Waals surface area contributed by atoms with Crippen molar-refractivity contribution in [1.82, 2.24) is 0 Å². The molecule has 1 aromatic heterocycles. The first kappa shape index (κ1) is 29.4. The zero-order valence-corrected chi connectivity index (χ0v) is 25.3. The first-order valence-electron chi connectivity index (χ1n) is 13.7. The van der Waals surface area contributed by atoms with E-state index in [4.69, 9.17) is 42.3 Å². The maximum Gasteiger partial charge on any atom is 0.231 e. The highest BCUT2D eigenvalue weighted by atomic mass is 16.7. The second kappa shape index (κ2) is 11.5. The van der Waals surface area contributed by atoms with Crippen LogP contribution in [0.4, 0.5) is 0 Å². The molecule has 0 aliphatic carbocycles. The van der Waals surface area contributed by atoms with Gasteiger partial charge in [0.05, 0.1) is 48.2 Å². The highest BCUT2D eigenvalue weighted by molar-refractivity contribution is 6.04. The van der Waals surface area contributed by atoms with E-state index >= 15 is 0 Å². The van der Waals surface area contributed by atoms with Gasteiger partial charge in [0, 0.05) is 17.5 Å². The fourth-order valence-corrected chi connectivity index (χ4v) is 5.85. The second-order valence-electron chi connectivity index (χ2n) is 9.91. The van der Waals surface area contributed by atoms with Crippen molar-refractivity contribution in [2.24, 2.45) is 0 Å². The number of hydrogen-bond acceptors (Lipinski definition) is 12. The van der Waals surface area contributed by atoms with Crippen molar-refractivity contribution in [3.8, 4) is 57.5 Å². The number of methoxy groups -OCH3 is 6. The van der Waals surface area contributed by atoms with Crippen LogP contribution in [-0.4, -0.2) is 59.7 Å². The van der Waals surface area contributed by atoms with Crippen LogP contribution in [0.15, 0.2) is 51.7 Å². The number of phenols is 2. The van der Waals surface area contributed by atoms with E-state index in [1.54, 1.807) is 12.1 Å². The third-order valence-electron chi connectivity index (χ3n) is 7.82.